The quantitative estimate of drug-likeness (QED) is 0.428. The molecular formula is C8H11IN2O. The third kappa shape index (κ3) is 2.94. The second-order valence-corrected chi connectivity index (χ2v) is 4.82. The molecule has 1 unspecified atom stereocenters. The number of hydrogen-bond donors (Lipinski definition) is 2. The maximum atomic E-state index is 10.7. The van der Waals surface area contributed by atoms with Crippen molar-refractivity contribution in [3.05, 3.63) is 23.9 Å². The second kappa shape index (κ2) is 3.57. The summed E-state index contributed by atoms with van der Waals surface area (Å²) in [5.41, 5.74) is 6.63. The highest BCUT2D eigenvalue weighted by atomic mass is 127. The van der Waals surface area contributed by atoms with Crippen molar-refractivity contribution in [3.8, 4) is 0 Å². The highest BCUT2D eigenvalue weighted by molar-refractivity contribution is 14.1. The van der Waals surface area contributed by atoms with Gasteiger partial charge in [0.2, 0.25) is 5.91 Å². The van der Waals surface area contributed by atoms with Gasteiger partial charge in [-0.15, -0.1) is 0 Å². The largest absolute Gasteiger partial charge is 0.327 e. The lowest BCUT2D eigenvalue weighted by molar-refractivity contribution is -0.118. The molecule has 1 rings (SSSR count). The van der Waals surface area contributed by atoms with Crippen LogP contribution in [0.1, 0.15) is 13.3 Å². The van der Waals surface area contributed by atoms with E-state index in [2.05, 4.69) is 27.9 Å². The van der Waals surface area contributed by atoms with E-state index in [1.54, 1.807) is 0 Å². The van der Waals surface area contributed by atoms with Gasteiger partial charge in [0.15, 0.2) is 0 Å². The Morgan fingerprint density at radius 3 is 3.00 bits per heavy atom. The number of carbonyl (C=O) groups excluding carboxylic acids is 1. The molecule has 0 heterocycles. The number of amides is 1. The lowest BCUT2D eigenvalue weighted by Crippen LogP contribution is -2.33. The summed E-state index contributed by atoms with van der Waals surface area (Å²) in [5, 5.41) is 2.69. The fourth-order valence-electron chi connectivity index (χ4n) is 1.01. The normalized spacial score (nSPS) is 28.1. The zero-order chi connectivity index (χ0) is 9.19. The van der Waals surface area contributed by atoms with E-state index in [0.717, 1.165) is 12.1 Å². The lowest BCUT2D eigenvalue weighted by Gasteiger charge is -2.21. The standard InChI is InChI=1S/C8H11IN2O/c1-6(12)11-7-3-2-4-8(9,10)5-7/h2-3,5H,4,10H2,1H3,(H,11,12). The number of rotatable bonds is 1. The first-order valence-electron chi connectivity index (χ1n) is 3.64. The van der Waals surface area contributed by atoms with Crippen molar-refractivity contribution in [2.75, 3.05) is 0 Å². The second-order valence-electron chi connectivity index (χ2n) is 2.81. The topological polar surface area (TPSA) is 55.1 Å². The fraction of sp³-hybridized carbons (Fsp3) is 0.375. The molecule has 0 bridgehead atoms. The molecule has 3 N–H and O–H groups in total. The van der Waals surface area contributed by atoms with Crippen LogP contribution in [0.2, 0.25) is 0 Å². The molecule has 12 heavy (non-hydrogen) atoms. The van der Waals surface area contributed by atoms with Crippen molar-refractivity contribution in [2.24, 2.45) is 5.73 Å². The zero-order valence-corrected chi connectivity index (χ0v) is 8.96. The number of carbonyl (C=O) groups is 1. The molecule has 1 aliphatic carbocycles. The molecule has 0 aromatic carbocycles. The van der Waals surface area contributed by atoms with Crippen molar-refractivity contribution in [1.82, 2.24) is 5.32 Å². The molecule has 0 fully saturated rings. The van der Waals surface area contributed by atoms with Gasteiger partial charge in [-0.05, 0) is 18.6 Å². The van der Waals surface area contributed by atoms with Crippen LogP contribution < -0.4 is 11.1 Å². The van der Waals surface area contributed by atoms with Gasteiger partial charge in [-0.2, -0.15) is 0 Å². The number of nitrogens with one attached hydrogen (secondary N) is 1. The van der Waals surface area contributed by atoms with Crippen LogP contribution in [-0.2, 0) is 4.79 Å². The van der Waals surface area contributed by atoms with Crippen LogP contribution in [0.5, 0.6) is 0 Å². The predicted octanol–water partition coefficient (Wildman–Crippen LogP) is 1.06. The molecule has 3 nitrogen and oxygen atoms in total. The van der Waals surface area contributed by atoms with Gasteiger partial charge in [-0.25, -0.2) is 0 Å². The number of nitrogens with two attached hydrogens (primary N) is 1. The van der Waals surface area contributed by atoms with Gasteiger partial charge in [0.05, 0.1) is 3.55 Å². The third-order valence-corrected chi connectivity index (χ3v) is 2.20. The summed E-state index contributed by atoms with van der Waals surface area (Å²) in [7, 11) is 0. The summed E-state index contributed by atoms with van der Waals surface area (Å²) in [6, 6.07) is 0. The van der Waals surface area contributed by atoms with Crippen molar-refractivity contribution < 1.29 is 4.79 Å². The SMILES string of the molecule is CC(=O)NC1=CC(N)(I)CC=C1. The van der Waals surface area contributed by atoms with E-state index in [1.165, 1.54) is 6.92 Å². The van der Waals surface area contributed by atoms with Crippen LogP contribution in [0.3, 0.4) is 0 Å². The molecule has 1 atom stereocenters. The van der Waals surface area contributed by atoms with Crippen LogP contribution in [0.25, 0.3) is 0 Å². The zero-order valence-electron chi connectivity index (χ0n) is 6.80. The van der Waals surface area contributed by atoms with E-state index in [-0.39, 0.29) is 9.45 Å². The molecule has 0 saturated carbocycles. The van der Waals surface area contributed by atoms with E-state index in [4.69, 9.17) is 5.73 Å². The molecular weight excluding hydrogens is 267 g/mol. The number of halogens is 1. The van der Waals surface area contributed by atoms with Gasteiger partial charge < -0.3 is 11.1 Å². The van der Waals surface area contributed by atoms with Crippen molar-refractivity contribution in [1.29, 1.82) is 0 Å². The lowest BCUT2D eigenvalue weighted by atomic mass is 10.1. The first kappa shape index (κ1) is 9.73. The van der Waals surface area contributed by atoms with Gasteiger partial charge in [0.25, 0.3) is 0 Å². The Morgan fingerprint density at radius 2 is 2.50 bits per heavy atom. The van der Waals surface area contributed by atoms with E-state index < -0.39 is 0 Å². The van der Waals surface area contributed by atoms with Gasteiger partial charge in [0.1, 0.15) is 0 Å². The maximum Gasteiger partial charge on any atom is 0.221 e. The Hall–Kier alpha value is -0.360. The summed E-state index contributed by atoms with van der Waals surface area (Å²) >= 11 is 2.15. The maximum absolute atomic E-state index is 10.7. The van der Waals surface area contributed by atoms with E-state index in [0.29, 0.717) is 0 Å². The predicted molar refractivity (Wildman–Crippen MR) is 56.6 cm³/mol. The first-order chi connectivity index (χ1) is 5.49. The van der Waals surface area contributed by atoms with Crippen molar-refractivity contribution >= 4 is 28.5 Å². The smallest absolute Gasteiger partial charge is 0.221 e. The average molecular weight is 278 g/mol. The van der Waals surface area contributed by atoms with E-state index in [9.17, 15) is 4.79 Å². The highest BCUT2D eigenvalue weighted by Gasteiger charge is 2.19. The molecule has 0 radical (unpaired) electrons. The van der Waals surface area contributed by atoms with Gasteiger partial charge in [-0.3, -0.25) is 4.79 Å². The minimum Gasteiger partial charge on any atom is -0.327 e. The molecule has 66 valence electrons. The molecule has 0 spiro atoms. The van der Waals surface area contributed by atoms with E-state index in [1.807, 2.05) is 18.2 Å². The summed E-state index contributed by atoms with van der Waals surface area (Å²) in [6.07, 6.45) is 6.48. The molecule has 1 aliphatic rings. The van der Waals surface area contributed by atoms with Crippen LogP contribution in [0, 0.1) is 0 Å². The number of hydrogen-bond acceptors (Lipinski definition) is 2. The van der Waals surface area contributed by atoms with Crippen molar-refractivity contribution in [2.45, 2.75) is 16.9 Å². The molecule has 4 heteroatoms. The fourth-order valence-corrected chi connectivity index (χ4v) is 1.60. The average Bonchev–Trinajstić information content (AvgIpc) is 1.82. The molecule has 1 amide bonds. The molecule has 0 aromatic rings. The van der Waals surface area contributed by atoms with Gasteiger partial charge in [-0.1, -0.05) is 28.7 Å². The van der Waals surface area contributed by atoms with Crippen molar-refractivity contribution in [3.63, 3.8) is 0 Å². The minimum absolute atomic E-state index is 0.0694. The summed E-state index contributed by atoms with van der Waals surface area (Å²) < 4.78 is -0.357. The molecule has 0 saturated heterocycles. The minimum atomic E-state index is -0.357. The monoisotopic (exact) mass is 278 g/mol. The number of alkyl halides is 1. The Kier molecular flexibility index (Phi) is 2.89. The third-order valence-electron chi connectivity index (χ3n) is 1.44. The van der Waals surface area contributed by atoms with Crippen LogP contribution >= 0.6 is 22.6 Å². The first-order valence-corrected chi connectivity index (χ1v) is 4.72. The van der Waals surface area contributed by atoms with Crippen LogP contribution in [0.15, 0.2) is 23.9 Å². The Labute approximate surface area is 85.2 Å². The molecule has 0 aromatic heterocycles. The van der Waals surface area contributed by atoms with Gasteiger partial charge >= 0.3 is 0 Å². The Bertz CT molecular complexity index is 256. The number of allylic oxidation sites excluding steroid dienone is 1. The highest BCUT2D eigenvalue weighted by Crippen LogP contribution is 2.23. The van der Waals surface area contributed by atoms with Crippen LogP contribution in [-0.4, -0.2) is 9.45 Å². The van der Waals surface area contributed by atoms with E-state index >= 15 is 0 Å². The molecule has 0 aliphatic heterocycles. The Balaban J connectivity index is 2.71. The summed E-state index contributed by atoms with van der Waals surface area (Å²) in [6.45, 7) is 1.48. The summed E-state index contributed by atoms with van der Waals surface area (Å²) in [5.74, 6) is -0.0694. The van der Waals surface area contributed by atoms with Gasteiger partial charge in [0, 0.05) is 12.6 Å². The summed E-state index contributed by atoms with van der Waals surface area (Å²) in [4.78, 5) is 10.7. The van der Waals surface area contributed by atoms with Crippen LogP contribution in [0.4, 0.5) is 0 Å². The Morgan fingerprint density at radius 1 is 1.83 bits per heavy atom.